The monoisotopic (exact) mass is 264 g/mol. The third-order valence-corrected chi connectivity index (χ3v) is 3.42. The molecule has 0 atom stereocenters. The van der Waals surface area contributed by atoms with Crippen LogP contribution in [0, 0.1) is 11.3 Å². The van der Waals surface area contributed by atoms with Gasteiger partial charge in [0.15, 0.2) is 5.65 Å². The molecule has 0 saturated heterocycles. The number of rotatable bonds is 2. The van der Waals surface area contributed by atoms with E-state index in [9.17, 15) is 0 Å². The van der Waals surface area contributed by atoms with Gasteiger partial charge in [0.1, 0.15) is 10.5 Å². The van der Waals surface area contributed by atoms with Crippen molar-refractivity contribution in [1.29, 1.82) is 5.26 Å². The Morgan fingerprint density at radius 1 is 1.05 bits per heavy atom. The third kappa shape index (κ3) is 2.54. The second-order valence-electron chi connectivity index (χ2n) is 3.79. The molecule has 0 radical (unpaired) electrons. The van der Waals surface area contributed by atoms with Gasteiger partial charge in [-0.05, 0) is 30.3 Å². The molecule has 0 spiro atoms. The van der Waals surface area contributed by atoms with Gasteiger partial charge in [-0.15, -0.1) is 0 Å². The third-order valence-electron chi connectivity index (χ3n) is 2.49. The van der Waals surface area contributed by atoms with Gasteiger partial charge >= 0.3 is 0 Å². The number of nitrogens with zero attached hydrogens (tertiary/aromatic N) is 4. The predicted molar refractivity (Wildman–Crippen MR) is 72.6 cm³/mol. The number of hydrogen-bond acceptors (Lipinski definition) is 5. The fraction of sp³-hybridized carbons (Fsp3) is 0. The summed E-state index contributed by atoms with van der Waals surface area (Å²) in [6.07, 6.45) is 3.27. The van der Waals surface area contributed by atoms with E-state index in [1.54, 1.807) is 18.5 Å². The smallest absolute Gasteiger partial charge is 0.179 e. The molecule has 3 rings (SSSR count). The van der Waals surface area contributed by atoms with E-state index in [1.807, 2.05) is 30.3 Å². The first-order chi connectivity index (χ1) is 9.35. The Balaban J connectivity index is 1.94. The van der Waals surface area contributed by atoms with Crippen LogP contribution < -0.4 is 0 Å². The molecule has 2 heterocycles. The van der Waals surface area contributed by atoms with Gasteiger partial charge in [-0.25, -0.2) is 9.97 Å². The fourth-order valence-corrected chi connectivity index (χ4v) is 2.49. The maximum Gasteiger partial charge on any atom is 0.179 e. The minimum Gasteiger partial charge on any atom is -0.251 e. The molecule has 5 heteroatoms. The highest BCUT2D eigenvalue weighted by Gasteiger charge is 2.03. The minimum atomic E-state index is 0.629. The Labute approximate surface area is 114 Å². The van der Waals surface area contributed by atoms with Crippen LogP contribution in [0.25, 0.3) is 11.2 Å². The van der Waals surface area contributed by atoms with E-state index in [0.717, 1.165) is 15.4 Å². The Kier molecular flexibility index (Phi) is 3.09. The van der Waals surface area contributed by atoms with Crippen LogP contribution in [0.1, 0.15) is 5.56 Å². The molecule has 0 fully saturated rings. The summed E-state index contributed by atoms with van der Waals surface area (Å²) in [5.74, 6) is 0. The molecule has 4 nitrogen and oxygen atoms in total. The van der Waals surface area contributed by atoms with Crippen molar-refractivity contribution in [2.75, 3.05) is 0 Å². The standard InChI is InChI=1S/C14H8N4S/c15-9-10-2-1-3-11(8-10)19-13-5-4-12-14(18-13)17-7-6-16-12/h1-8H. The lowest BCUT2D eigenvalue weighted by atomic mass is 10.2. The van der Waals surface area contributed by atoms with Gasteiger partial charge in [-0.1, -0.05) is 17.8 Å². The highest BCUT2D eigenvalue weighted by atomic mass is 32.2. The average molecular weight is 264 g/mol. The number of fused-ring (bicyclic) bond motifs is 1. The van der Waals surface area contributed by atoms with Gasteiger partial charge in [-0.3, -0.25) is 4.98 Å². The van der Waals surface area contributed by atoms with E-state index >= 15 is 0 Å². The summed E-state index contributed by atoms with van der Waals surface area (Å²) in [4.78, 5) is 13.8. The molecule has 0 bridgehead atoms. The first-order valence-electron chi connectivity index (χ1n) is 5.61. The first-order valence-corrected chi connectivity index (χ1v) is 6.42. The zero-order valence-corrected chi connectivity index (χ0v) is 10.6. The molecule has 0 aliphatic rings. The molecular formula is C14H8N4S. The summed E-state index contributed by atoms with van der Waals surface area (Å²) < 4.78 is 0. The van der Waals surface area contributed by atoms with E-state index in [4.69, 9.17) is 5.26 Å². The van der Waals surface area contributed by atoms with Crippen LogP contribution in [0.2, 0.25) is 0 Å². The Hall–Kier alpha value is -2.45. The second kappa shape index (κ2) is 5.04. The van der Waals surface area contributed by atoms with Gasteiger partial charge in [-0.2, -0.15) is 5.26 Å². The molecule has 3 aromatic rings. The fourth-order valence-electron chi connectivity index (χ4n) is 1.64. The van der Waals surface area contributed by atoms with Crippen molar-refractivity contribution in [3.8, 4) is 6.07 Å². The Morgan fingerprint density at radius 3 is 2.84 bits per heavy atom. The van der Waals surface area contributed by atoms with Crippen LogP contribution >= 0.6 is 11.8 Å². The summed E-state index contributed by atoms with van der Waals surface area (Å²) in [6, 6.07) is 13.4. The lowest BCUT2D eigenvalue weighted by molar-refractivity contribution is 1.12. The Morgan fingerprint density at radius 2 is 1.95 bits per heavy atom. The highest BCUT2D eigenvalue weighted by Crippen LogP contribution is 2.27. The number of nitriles is 1. The maximum atomic E-state index is 8.88. The van der Waals surface area contributed by atoms with E-state index < -0.39 is 0 Å². The zero-order valence-electron chi connectivity index (χ0n) is 9.82. The molecule has 90 valence electrons. The van der Waals surface area contributed by atoms with Crippen LogP contribution in [0.5, 0.6) is 0 Å². The van der Waals surface area contributed by atoms with Crippen molar-refractivity contribution in [1.82, 2.24) is 15.0 Å². The Bertz CT molecular complexity index is 779. The summed E-state index contributed by atoms with van der Waals surface area (Å²) >= 11 is 1.50. The van der Waals surface area contributed by atoms with E-state index in [1.165, 1.54) is 11.8 Å². The van der Waals surface area contributed by atoms with Crippen molar-refractivity contribution in [2.45, 2.75) is 9.92 Å². The van der Waals surface area contributed by atoms with Crippen LogP contribution in [0.4, 0.5) is 0 Å². The highest BCUT2D eigenvalue weighted by molar-refractivity contribution is 7.99. The van der Waals surface area contributed by atoms with Crippen LogP contribution in [-0.4, -0.2) is 15.0 Å². The molecule has 0 unspecified atom stereocenters. The summed E-state index contributed by atoms with van der Waals surface area (Å²) in [6.45, 7) is 0. The van der Waals surface area contributed by atoms with Crippen molar-refractivity contribution in [3.63, 3.8) is 0 Å². The van der Waals surface area contributed by atoms with Gasteiger partial charge in [0, 0.05) is 17.3 Å². The molecular weight excluding hydrogens is 256 g/mol. The van der Waals surface area contributed by atoms with Crippen molar-refractivity contribution in [3.05, 3.63) is 54.4 Å². The lowest BCUT2D eigenvalue weighted by Gasteiger charge is -2.02. The van der Waals surface area contributed by atoms with Crippen LogP contribution in [0.3, 0.4) is 0 Å². The zero-order chi connectivity index (χ0) is 13.1. The van der Waals surface area contributed by atoms with E-state index in [2.05, 4.69) is 21.0 Å². The largest absolute Gasteiger partial charge is 0.251 e. The minimum absolute atomic E-state index is 0.629. The van der Waals surface area contributed by atoms with Crippen molar-refractivity contribution < 1.29 is 0 Å². The van der Waals surface area contributed by atoms with Crippen LogP contribution in [-0.2, 0) is 0 Å². The van der Waals surface area contributed by atoms with Gasteiger partial charge in [0.25, 0.3) is 0 Å². The maximum absolute atomic E-state index is 8.88. The molecule has 2 aromatic heterocycles. The average Bonchev–Trinajstić information content (AvgIpc) is 2.47. The van der Waals surface area contributed by atoms with Gasteiger partial charge in [0.2, 0.25) is 0 Å². The quantitative estimate of drug-likeness (QED) is 0.711. The number of aromatic nitrogens is 3. The topological polar surface area (TPSA) is 62.5 Å². The first kappa shape index (κ1) is 11.6. The van der Waals surface area contributed by atoms with Crippen LogP contribution in [0.15, 0.2) is 58.7 Å². The summed E-state index contributed by atoms with van der Waals surface area (Å²) in [5, 5.41) is 9.71. The van der Waals surface area contributed by atoms with Crippen molar-refractivity contribution >= 4 is 22.9 Å². The summed E-state index contributed by atoms with van der Waals surface area (Å²) in [5.41, 5.74) is 2.05. The van der Waals surface area contributed by atoms with Gasteiger partial charge < -0.3 is 0 Å². The van der Waals surface area contributed by atoms with Gasteiger partial charge in [0.05, 0.1) is 11.6 Å². The predicted octanol–water partition coefficient (Wildman–Crippen LogP) is 3.05. The molecule has 0 aliphatic heterocycles. The number of benzene rings is 1. The lowest BCUT2D eigenvalue weighted by Crippen LogP contribution is -1.88. The second-order valence-corrected chi connectivity index (χ2v) is 4.88. The number of hydrogen-bond donors (Lipinski definition) is 0. The molecule has 19 heavy (non-hydrogen) atoms. The molecule has 0 aliphatic carbocycles. The summed E-state index contributed by atoms with van der Waals surface area (Å²) in [7, 11) is 0. The molecule has 1 aromatic carbocycles. The normalized spacial score (nSPS) is 10.3. The molecule has 0 N–H and O–H groups in total. The SMILES string of the molecule is N#Cc1cccc(Sc2ccc3nccnc3n2)c1. The van der Waals surface area contributed by atoms with Crippen molar-refractivity contribution in [2.24, 2.45) is 0 Å². The van der Waals surface area contributed by atoms with E-state index in [0.29, 0.717) is 11.2 Å². The molecule has 0 saturated carbocycles. The number of pyridine rings is 1. The van der Waals surface area contributed by atoms with E-state index in [-0.39, 0.29) is 0 Å². The molecule has 0 amide bonds.